The van der Waals surface area contributed by atoms with Gasteiger partial charge >= 0.3 is 0 Å². The molecule has 8 nitrogen and oxygen atoms in total. The monoisotopic (exact) mass is 318 g/mol. The lowest BCUT2D eigenvalue weighted by Gasteiger charge is -2.11. The minimum absolute atomic E-state index is 0.144. The third-order valence-corrected chi connectivity index (χ3v) is 3.71. The van der Waals surface area contributed by atoms with Gasteiger partial charge in [0.15, 0.2) is 5.69 Å². The number of hydrogen-bond donors (Lipinski definition) is 2. The molecule has 0 bridgehead atoms. The number of hydrogen-bond acceptors (Lipinski definition) is 5. The molecule has 0 aliphatic carbocycles. The second-order valence-electron chi connectivity index (χ2n) is 5.17. The van der Waals surface area contributed by atoms with Gasteiger partial charge < -0.3 is 5.32 Å². The van der Waals surface area contributed by atoms with Crippen LogP contribution in [-0.4, -0.2) is 31.1 Å². The van der Waals surface area contributed by atoms with Crippen LogP contribution in [0.2, 0.25) is 0 Å². The van der Waals surface area contributed by atoms with Crippen LogP contribution in [0.15, 0.2) is 4.79 Å². The Labute approximate surface area is 134 Å². The molecule has 1 amide bonds. The van der Waals surface area contributed by atoms with Crippen molar-refractivity contribution in [1.29, 1.82) is 0 Å². The predicted octanol–water partition coefficient (Wildman–Crippen LogP) is 0.745. The Morgan fingerprint density at radius 1 is 1.17 bits per heavy atom. The van der Waals surface area contributed by atoms with Gasteiger partial charge in [-0.15, -0.1) is 5.10 Å². The van der Waals surface area contributed by atoms with Gasteiger partial charge in [0, 0.05) is 12.1 Å². The third-order valence-electron chi connectivity index (χ3n) is 3.71. The van der Waals surface area contributed by atoms with Crippen molar-refractivity contribution in [2.24, 2.45) is 0 Å². The van der Waals surface area contributed by atoms with Crippen LogP contribution < -0.4 is 10.9 Å². The van der Waals surface area contributed by atoms with Gasteiger partial charge in [0.1, 0.15) is 0 Å². The number of rotatable bonds is 6. The van der Waals surface area contributed by atoms with Gasteiger partial charge in [0.05, 0.1) is 17.9 Å². The zero-order chi connectivity index (χ0) is 17.0. The fourth-order valence-corrected chi connectivity index (χ4v) is 2.50. The van der Waals surface area contributed by atoms with Crippen molar-refractivity contribution in [3.8, 4) is 0 Å². The molecule has 2 heterocycles. The van der Waals surface area contributed by atoms with Crippen LogP contribution >= 0.6 is 0 Å². The highest BCUT2D eigenvalue weighted by atomic mass is 16.2. The van der Waals surface area contributed by atoms with Gasteiger partial charge in [-0.2, -0.15) is 15.0 Å². The molecule has 23 heavy (non-hydrogen) atoms. The second kappa shape index (κ2) is 7.17. The maximum atomic E-state index is 12.3. The van der Waals surface area contributed by atoms with Gasteiger partial charge in [-0.3, -0.25) is 9.59 Å². The molecule has 0 saturated carbocycles. The first kappa shape index (κ1) is 16.9. The Balaban J connectivity index is 2.22. The highest BCUT2D eigenvalue weighted by Crippen LogP contribution is 2.10. The summed E-state index contributed by atoms with van der Waals surface area (Å²) in [4.78, 5) is 25.8. The quantitative estimate of drug-likeness (QED) is 0.817. The van der Waals surface area contributed by atoms with Crippen molar-refractivity contribution in [1.82, 2.24) is 30.5 Å². The summed E-state index contributed by atoms with van der Waals surface area (Å²) in [6.45, 7) is 8.33. The molecule has 8 heteroatoms. The summed E-state index contributed by atoms with van der Waals surface area (Å²) >= 11 is 0. The summed E-state index contributed by atoms with van der Waals surface area (Å²) in [6.07, 6.45) is 1.42. The van der Waals surface area contributed by atoms with Crippen LogP contribution in [0.4, 0.5) is 0 Å². The van der Waals surface area contributed by atoms with Crippen LogP contribution in [0.1, 0.15) is 53.8 Å². The van der Waals surface area contributed by atoms with Gasteiger partial charge in [0.25, 0.3) is 11.5 Å². The highest BCUT2D eigenvalue weighted by molar-refractivity contribution is 5.93. The van der Waals surface area contributed by atoms with Crippen LogP contribution in [0.25, 0.3) is 0 Å². The minimum atomic E-state index is -0.335. The summed E-state index contributed by atoms with van der Waals surface area (Å²) in [5.41, 5.74) is 2.88. The number of nitrogens with zero attached hydrogens (tertiary/aromatic N) is 4. The molecular weight excluding hydrogens is 296 g/mol. The molecule has 2 rings (SSSR count). The first-order chi connectivity index (χ1) is 11.0. The average Bonchev–Trinajstić information content (AvgIpc) is 2.94. The molecule has 2 aromatic rings. The van der Waals surface area contributed by atoms with Gasteiger partial charge in [-0.1, -0.05) is 13.8 Å². The lowest BCUT2D eigenvalue weighted by Crippen LogP contribution is -2.30. The van der Waals surface area contributed by atoms with E-state index in [0.717, 1.165) is 17.7 Å². The topological polar surface area (TPSA) is 106 Å². The van der Waals surface area contributed by atoms with E-state index in [1.54, 1.807) is 6.92 Å². The Hall–Kier alpha value is -2.51. The Bertz CT molecular complexity index is 762. The average molecular weight is 318 g/mol. The van der Waals surface area contributed by atoms with E-state index >= 15 is 0 Å². The number of carbonyl (C=O) groups is 1. The smallest absolute Gasteiger partial charge is 0.274 e. The van der Waals surface area contributed by atoms with E-state index < -0.39 is 0 Å². The van der Waals surface area contributed by atoms with Crippen LogP contribution in [-0.2, 0) is 25.9 Å². The molecule has 0 aliphatic rings. The lowest BCUT2D eigenvalue weighted by atomic mass is 10.0. The maximum absolute atomic E-state index is 12.3. The van der Waals surface area contributed by atoms with Crippen molar-refractivity contribution in [2.75, 3.05) is 0 Å². The molecular formula is C15H22N6O2. The largest absolute Gasteiger partial charge is 0.346 e. The Morgan fingerprint density at radius 2 is 1.91 bits per heavy atom. The zero-order valence-electron chi connectivity index (χ0n) is 13.9. The Kier molecular flexibility index (Phi) is 5.25. The summed E-state index contributed by atoms with van der Waals surface area (Å²) in [7, 11) is 0. The van der Waals surface area contributed by atoms with Crippen molar-refractivity contribution in [3.05, 3.63) is 38.6 Å². The fraction of sp³-hybridized carbons (Fsp3) is 0.533. The van der Waals surface area contributed by atoms with Crippen molar-refractivity contribution in [3.63, 3.8) is 0 Å². The standard InChI is InChI=1S/C15H22N6O2/c1-5-10-11(14(22)18-17-12(10)6-2)8-16-15(23)13-9(4)19-21(7-3)20-13/h5-8H2,1-4H3,(H,16,23)(H,18,22). The number of nitrogens with one attached hydrogen (secondary N) is 2. The summed E-state index contributed by atoms with van der Waals surface area (Å²) in [5, 5.41) is 17.6. The SMILES string of the molecule is CCc1n[nH]c(=O)c(CNC(=O)c2nn(CC)nc2C)c1CC. The molecule has 124 valence electrons. The zero-order valence-corrected chi connectivity index (χ0v) is 13.9. The van der Waals surface area contributed by atoms with Gasteiger partial charge in [-0.25, -0.2) is 5.10 Å². The van der Waals surface area contributed by atoms with E-state index in [1.165, 1.54) is 4.80 Å². The summed E-state index contributed by atoms with van der Waals surface area (Å²) in [6, 6.07) is 0. The maximum Gasteiger partial charge on any atom is 0.274 e. The van der Waals surface area contributed by atoms with Crippen LogP contribution in [0.5, 0.6) is 0 Å². The van der Waals surface area contributed by atoms with Crippen LogP contribution in [0, 0.1) is 6.92 Å². The van der Waals surface area contributed by atoms with E-state index in [2.05, 4.69) is 25.7 Å². The van der Waals surface area contributed by atoms with Crippen molar-refractivity contribution >= 4 is 5.91 Å². The summed E-state index contributed by atoms with van der Waals surface area (Å²) < 4.78 is 0. The van der Waals surface area contributed by atoms with E-state index in [9.17, 15) is 9.59 Å². The molecule has 0 atom stereocenters. The lowest BCUT2D eigenvalue weighted by molar-refractivity contribution is 0.0944. The number of H-pyrrole nitrogens is 1. The van der Waals surface area contributed by atoms with Crippen molar-refractivity contribution < 1.29 is 4.79 Å². The van der Waals surface area contributed by atoms with Gasteiger partial charge in [-0.05, 0) is 32.3 Å². The van der Waals surface area contributed by atoms with Crippen molar-refractivity contribution in [2.45, 2.75) is 53.6 Å². The molecule has 2 aromatic heterocycles. The molecule has 0 aromatic carbocycles. The fourth-order valence-electron chi connectivity index (χ4n) is 2.50. The number of aryl methyl sites for hydroxylation is 3. The van der Waals surface area contributed by atoms with Gasteiger partial charge in [0.2, 0.25) is 0 Å². The number of aromatic amines is 1. The van der Waals surface area contributed by atoms with E-state index in [4.69, 9.17) is 0 Å². The molecule has 0 fully saturated rings. The molecule has 0 saturated heterocycles. The predicted molar refractivity (Wildman–Crippen MR) is 85.2 cm³/mol. The molecule has 0 unspecified atom stereocenters. The number of carbonyl (C=O) groups excluding carboxylic acids is 1. The second-order valence-corrected chi connectivity index (χ2v) is 5.17. The number of amides is 1. The summed E-state index contributed by atoms with van der Waals surface area (Å²) in [5.74, 6) is -0.335. The number of aromatic nitrogens is 5. The first-order valence-corrected chi connectivity index (χ1v) is 7.80. The van der Waals surface area contributed by atoms with Crippen LogP contribution in [0.3, 0.4) is 0 Å². The highest BCUT2D eigenvalue weighted by Gasteiger charge is 2.17. The molecule has 2 N–H and O–H groups in total. The van der Waals surface area contributed by atoms with E-state index in [1.807, 2.05) is 20.8 Å². The first-order valence-electron chi connectivity index (χ1n) is 7.80. The minimum Gasteiger partial charge on any atom is -0.346 e. The normalized spacial score (nSPS) is 10.8. The molecule has 0 spiro atoms. The third kappa shape index (κ3) is 3.46. The van der Waals surface area contributed by atoms with E-state index in [-0.39, 0.29) is 23.7 Å². The molecule has 0 aliphatic heterocycles. The molecule has 0 radical (unpaired) electrons. The van der Waals surface area contributed by atoms with E-state index in [0.29, 0.717) is 24.2 Å². The Morgan fingerprint density at radius 3 is 2.48 bits per heavy atom.